The number of hydrogen-bond donors (Lipinski definition) is 1. The average molecular weight is 281 g/mol. The highest BCUT2D eigenvalue weighted by molar-refractivity contribution is 9.11. The Morgan fingerprint density at radius 3 is 3.00 bits per heavy atom. The third-order valence-corrected chi connectivity index (χ3v) is 4.55. The number of halogens is 1. The van der Waals surface area contributed by atoms with Gasteiger partial charge in [0.1, 0.15) is 0 Å². The second kappa shape index (κ2) is 6.06. The van der Waals surface area contributed by atoms with E-state index in [2.05, 4.69) is 34.3 Å². The molecule has 1 aromatic rings. The molecule has 0 amide bonds. The lowest BCUT2D eigenvalue weighted by molar-refractivity contribution is 0.289. The van der Waals surface area contributed by atoms with E-state index in [1.807, 2.05) is 11.8 Å². The summed E-state index contributed by atoms with van der Waals surface area (Å²) in [7, 11) is 0. The maximum absolute atomic E-state index is 8.72. The van der Waals surface area contributed by atoms with Crippen LogP contribution in [0.2, 0.25) is 0 Å². The van der Waals surface area contributed by atoms with E-state index >= 15 is 0 Å². The number of aliphatic hydroxyl groups is 1. The molecule has 1 aromatic heterocycles. The Hall–Kier alpha value is 0.490. The van der Waals surface area contributed by atoms with Crippen molar-refractivity contribution >= 4 is 39.0 Å². The molecular weight excluding hydrogens is 268 g/mol. The van der Waals surface area contributed by atoms with Gasteiger partial charge in [-0.25, -0.2) is 0 Å². The maximum atomic E-state index is 8.72. The van der Waals surface area contributed by atoms with Crippen LogP contribution in [-0.2, 0) is 5.75 Å². The minimum absolute atomic E-state index is 0.293. The molecule has 0 bridgehead atoms. The summed E-state index contributed by atoms with van der Waals surface area (Å²) < 4.78 is 1.19. The average Bonchev–Trinajstić information content (AvgIpc) is 2.49. The van der Waals surface area contributed by atoms with Crippen LogP contribution in [0.5, 0.6) is 0 Å². The molecule has 0 radical (unpaired) electrons. The van der Waals surface area contributed by atoms with E-state index in [-0.39, 0.29) is 0 Å². The highest BCUT2D eigenvalue weighted by Gasteiger charge is 2.03. The van der Waals surface area contributed by atoms with Crippen molar-refractivity contribution in [2.75, 3.05) is 6.61 Å². The maximum Gasteiger partial charge on any atom is 0.0701 e. The molecule has 0 spiro atoms. The molecule has 0 aliphatic carbocycles. The molecule has 74 valence electrons. The Labute approximate surface area is 95.7 Å². The van der Waals surface area contributed by atoms with Crippen molar-refractivity contribution in [1.82, 2.24) is 0 Å². The molecule has 0 saturated heterocycles. The first-order valence-corrected chi connectivity index (χ1v) is 6.90. The van der Waals surface area contributed by atoms with Crippen LogP contribution in [0.3, 0.4) is 0 Å². The third-order valence-electron chi connectivity index (χ3n) is 1.69. The molecule has 0 aliphatic rings. The van der Waals surface area contributed by atoms with Crippen LogP contribution in [0.1, 0.15) is 18.9 Å². The first-order chi connectivity index (χ1) is 6.22. The first kappa shape index (κ1) is 11.6. The van der Waals surface area contributed by atoms with Crippen LogP contribution in [0.25, 0.3) is 0 Å². The van der Waals surface area contributed by atoms with Gasteiger partial charge in [-0.2, -0.15) is 11.8 Å². The Morgan fingerprint density at radius 2 is 2.46 bits per heavy atom. The van der Waals surface area contributed by atoms with Crippen LogP contribution < -0.4 is 0 Å². The molecular formula is C9H13BrOS2. The Balaban J connectivity index is 2.26. The number of thioether (sulfide) groups is 1. The largest absolute Gasteiger partial charge is 0.396 e. The van der Waals surface area contributed by atoms with Gasteiger partial charge in [-0.3, -0.25) is 0 Å². The van der Waals surface area contributed by atoms with E-state index in [0.717, 1.165) is 12.2 Å². The first-order valence-electron chi connectivity index (χ1n) is 4.17. The van der Waals surface area contributed by atoms with E-state index < -0.39 is 0 Å². The Morgan fingerprint density at radius 1 is 1.69 bits per heavy atom. The van der Waals surface area contributed by atoms with Crippen molar-refractivity contribution in [3.05, 3.63) is 20.8 Å². The number of aliphatic hydroxyl groups excluding tert-OH is 1. The van der Waals surface area contributed by atoms with Crippen molar-refractivity contribution < 1.29 is 5.11 Å². The van der Waals surface area contributed by atoms with Crippen molar-refractivity contribution in [3.63, 3.8) is 0 Å². The summed E-state index contributed by atoms with van der Waals surface area (Å²) in [6, 6.07) is 2.16. The van der Waals surface area contributed by atoms with Gasteiger partial charge >= 0.3 is 0 Å². The van der Waals surface area contributed by atoms with Gasteiger partial charge in [0, 0.05) is 17.6 Å². The second-order valence-corrected chi connectivity index (χ2v) is 6.61. The molecule has 1 atom stereocenters. The van der Waals surface area contributed by atoms with Crippen LogP contribution in [-0.4, -0.2) is 17.0 Å². The number of hydrogen-bond acceptors (Lipinski definition) is 3. The summed E-state index contributed by atoms with van der Waals surface area (Å²) in [6.07, 6.45) is 0.885. The van der Waals surface area contributed by atoms with Crippen molar-refractivity contribution in [3.8, 4) is 0 Å². The van der Waals surface area contributed by atoms with Gasteiger partial charge in [0.25, 0.3) is 0 Å². The van der Waals surface area contributed by atoms with E-state index in [1.54, 1.807) is 11.3 Å². The molecule has 1 nitrogen and oxygen atoms in total. The predicted molar refractivity (Wildman–Crippen MR) is 64.5 cm³/mol. The fraction of sp³-hybridized carbons (Fsp3) is 0.556. The van der Waals surface area contributed by atoms with Gasteiger partial charge in [-0.05, 0) is 39.4 Å². The Kier molecular flexibility index (Phi) is 5.39. The predicted octanol–water partition coefficient (Wildman–Crippen LogP) is 3.51. The van der Waals surface area contributed by atoms with Gasteiger partial charge in [-0.15, -0.1) is 11.3 Å². The van der Waals surface area contributed by atoms with Crippen molar-refractivity contribution in [1.29, 1.82) is 0 Å². The lowest BCUT2D eigenvalue weighted by atomic mass is 10.3. The summed E-state index contributed by atoms with van der Waals surface area (Å²) in [5.41, 5.74) is 1.37. The minimum atomic E-state index is 0.293. The van der Waals surface area contributed by atoms with Crippen molar-refractivity contribution in [2.24, 2.45) is 0 Å². The molecule has 1 N–H and O–H groups in total. The lowest BCUT2D eigenvalue weighted by Crippen LogP contribution is -1.99. The zero-order valence-corrected chi connectivity index (χ0v) is 10.7. The van der Waals surface area contributed by atoms with E-state index in [1.165, 1.54) is 9.35 Å². The molecule has 4 heteroatoms. The standard InChI is InChI=1S/C9H13BrOS2/c1-7(2-3-11)12-5-8-4-9(10)13-6-8/h4,6-7,11H,2-3,5H2,1H3. The normalized spacial score (nSPS) is 13.2. The zero-order valence-electron chi connectivity index (χ0n) is 7.50. The molecule has 0 fully saturated rings. The fourth-order valence-corrected chi connectivity index (χ4v) is 3.16. The SMILES string of the molecule is CC(CCO)SCc1csc(Br)c1. The molecule has 13 heavy (non-hydrogen) atoms. The summed E-state index contributed by atoms with van der Waals surface area (Å²) in [6.45, 7) is 2.45. The topological polar surface area (TPSA) is 20.2 Å². The molecule has 0 saturated carbocycles. The molecule has 1 rings (SSSR count). The molecule has 0 aliphatic heterocycles. The summed E-state index contributed by atoms with van der Waals surface area (Å²) >= 11 is 7.06. The summed E-state index contributed by atoms with van der Waals surface area (Å²) in [4.78, 5) is 0. The second-order valence-electron chi connectivity index (χ2n) is 2.89. The van der Waals surface area contributed by atoms with E-state index in [9.17, 15) is 0 Å². The van der Waals surface area contributed by atoms with Crippen LogP contribution in [0.4, 0.5) is 0 Å². The third kappa shape index (κ3) is 4.49. The lowest BCUT2D eigenvalue weighted by Gasteiger charge is -2.07. The van der Waals surface area contributed by atoms with Gasteiger partial charge in [-0.1, -0.05) is 6.92 Å². The van der Waals surface area contributed by atoms with Gasteiger partial charge in [0.05, 0.1) is 3.79 Å². The van der Waals surface area contributed by atoms with Crippen LogP contribution in [0, 0.1) is 0 Å². The zero-order chi connectivity index (χ0) is 9.68. The quantitative estimate of drug-likeness (QED) is 0.891. The molecule has 1 heterocycles. The fourth-order valence-electron chi connectivity index (χ4n) is 0.925. The minimum Gasteiger partial charge on any atom is -0.396 e. The summed E-state index contributed by atoms with van der Waals surface area (Å²) in [5.74, 6) is 1.04. The highest BCUT2D eigenvalue weighted by atomic mass is 79.9. The molecule has 1 unspecified atom stereocenters. The van der Waals surface area contributed by atoms with E-state index in [0.29, 0.717) is 11.9 Å². The van der Waals surface area contributed by atoms with Crippen LogP contribution >= 0.6 is 39.0 Å². The number of rotatable bonds is 5. The molecule has 0 aromatic carbocycles. The smallest absolute Gasteiger partial charge is 0.0701 e. The highest BCUT2D eigenvalue weighted by Crippen LogP contribution is 2.26. The number of thiophene rings is 1. The summed E-state index contributed by atoms with van der Waals surface area (Å²) in [5, 5.41) is 11.4. The Bertz CT molecular complexity index is 250. The van der Waals surface area contributed by atoms with Gasteiger partial charge in [0.15, 0.2) is 0 Å². The van der Waals surface area contributed by atoms with Gasteiger partial charge < -0.3 is 5.11 Å². The monoisotopic (exact) mass is 280 g/mol. The van der Waals surface area contributed by atoms with Crippen molar-refractivity contribution in [2.45, 2.75) is 24.3 Å². The van der Waals surface area contributed by atoms with Gasteiger partial charge in [0.2, 0.25) is 0 Å². The van der Waals surface area contributed by atoms with Crippen LogP contribution in [0.15, 0.2) is 15.2 Å². The van der Waals surface area contributed by atoms with E-state index in [4.69, 9.17) is 5.11 Å².